The highest BCUT2D eigenvalue weighted by atomic mass is 19.1. The van der Waals surface area contributed by atoms with E-state index >= 15 is 0 Å². The summed E-state index contributed by atoms with van der Waals surface area (Å²) in [5, 5.41) is 11.4. The number of hydrogen-bond acceptors (Lipinski definition) is 5. The number of benzene rings is 2. The Morgan fingerprint density at radius 3 is 2.37 bits per heavy atom. The number of carbonyl (C=O) groups excluding carboxylic acids is 2. The molecular formula is C27H25F2NO5. The Labute approximate surface area is 201 Å². The molecule has 1 aliphatic heterocycles. The van der Waals surface area contributed by atoms with Crippen LogP contribution < -0.4 is 9.64 Å². The molecule has 1 N–H and O–H groups in total. The lowest BCUT2D eigenvalue weighted by molar-refractivity contribution is -0.132. The fourth-order valence-corrected chi connectivity index (χ4v) is 4.13. The van der Waals surface area contributed by atoms with E-state index in [4.69, 9.17) is 9.15 Å². The number of ketones is 1. The Morgan fingerprint density at radius 1 is 1.06 bits per heavy atom. The van der Waals surface area contributed by atoms with Crippen LogP contribution in [-0.4, -0.2) is 23.9 Å². The van der Waals surface area contributed by atoms with Gasteiger partial charge >= 0.3 is 0 Å². The van der Waals surface area contributed by atoms with Crippen LogP contribution in [0.15, 0.2) is 58.5 Å². The molecule has 6 nitrogen and oxygen atoms in total. The average Bonchev–Trinajstić information content (AvgIpc) is 3.34. The molecule has 182 valence electrons. The maximum atomic E-state index is 14.8. The van der Waals surface area contributed by atoms with E-state index < -0.39 is 40.8 Å². The van der Waals surface area contributed by atoms with Gasteiger partial charge < -0.3 is 14.3 Å². The van der Waals surface area contributed by atoms with E-state index in [1.165, 1.54) is 13.2 Å². The van der Waals surface area contributed by atoms with Crippen molar-refractivity contribution in [2.75, 3.05) is 12.0 Å². The maximum Gasteiger partial charge on any atom is 0.300 e. The maximum absolute atomic E-state index is 14.8. The van der Waals surface area contributed by atoms with Gasteiger partial charge in [-0.2, -0.15) is 0 Å². The number of halogens is 2. The third kappa shape index (κ3) is 4.20. The van der Waals surface area contributed by atoms with Crippen molar-refractivity contribution in [3.05, 3.63) is 88.4 Å². The SMILES string of the molecule is COc1ccc(C(C)(C)C)cc1/C(O)=C1\C(=O)C(=O)N(c2cc(F)ccc2F)C1c1ccc(C)o1. The molecule has 0 saturated carbocycles. The topological polar surface area (TPSA) is 80.0 Å². The minimum atomic E-state index is -1.33. The Balaban J connectivity index is 2.01. The van der Waals surface area contributed by atoms with Crippen LogP contribution >= 0.6 is 0 Å². The Bertz CT molecular complexity index is 1370. The number of nitrogens with zero attached hydrogens (tertiary/aromatic N) is 1. The van der Waals surface area contributed by atoms with E-state index in [9.17, 15) is 23.5 Å². The van der Waals surface area contributed by atoms with Crippen molar-refractivity contribution in [3.63, 3.8) is 0 Å². The van der Waals surface area contributed by atoms with Crippen LogP contribution in [0.1, 0.15) is 49.5 Å². The number of hydrogen-bond donors (Lipinski definition) is 1. The lowest BCUT2D eigenvalue weighted by atomic mass is 9.85. The molecule has 8 heteroatoms. The van der Waals surface area contributed by atoms with Crippen molar-refractivity contribution in [1.29, 1.82) is 0 Å². The predicted molar refractivity (Wildman–Crippen MR) is 126 cm³/mol. The van der Waals surface area contributed by atoms with E-state index in [1.807, 2.05) is 26.8 Å². The number of anilines is 1. The summed E-state index contributed by atoms with van der Waals surface area (Å²) in [4.78, 5) is 27.2. The first-order valence-corrected chi connectivity index (χ1v) is 10.9. The highest BCUT2D eigenvalue weighted by Gasteiger charge is 2.49. The summed E-state index contributed by atoms with van der Waals surface area (Å²) in [7, 11) is 1.41. The van der Waals surface area contributed by atoms with Gasteiger partial charge in [-0.3, -0.25) is 14.5 Å². The van der Waals surface area contributed by atoms with Gasteiger partial charge in [0.15, 0.2) is 0 Å². The number of furan rings is 1. The standard InChI is InChI=1S/C27H25F2NO5/c1-14-6-10-21(35-14)23-22(24(31)17-12-15(27(2,3)4)7-11-20(17)34-5)25(32)26(33)30(23)19-13-16(28)8-9-18(19)29/h6-13,23,31H,1-5H3/b24-22+. The number of rotatable bonds is 4. The number of ether oxygens (including phenoxy) is 1. The number of Topliss-reactive ketones (excluding diaryl/α,β-unsaturated/α-hetero) is 1. The first-order chi connectivity index (χ1) is 16.4. The van der Waals surface area contributed by atoms with Crippen molar-refractivity contribution < 1.29 is 32.6 Å². The van der Waals surface area contributed by atoms with Gasteiger partial charge in [-0.15, -0.1) is 0 Å². The van der Waals surface area contributed by atoms with E-state index in [2.05, 4.69) is 0 Å². The predicted octanol–water partition coefficient (Wildman–Crippen LogP) is 5.80. The molecule has 1 fully saturated rings. The molecule has 1 unspecified atom stereocenters. The molecule has 1 atom stereocenters. The number of aryl methyl sites for hydroxylation is 1. The average molecular weight is 481 g/mol. The molecule has 1 saturated heterocycles. The summed E-state index contributed by atoms with van der Waals surface area (Å²) in [6.07, 6.45) is 0. The quantitative estimate of drug-likeness (QED) is 0.290. The molecule has 2 aromatic carbocycles. The van der Waals surface area contributed by atoms with Gasteiger partial charge in [0.2, 0.25) is 0 Å². The highest BCUT2D eigenvalue weighted by Crippen LogP contribution is 2.45. The van der Waals surface area contributed by atoms with Crippen LogP contribution in [0.3, 0.4) is 0 Å². The minimum absolute atomic E-state index is 0.109. The summed E-state index contributed by atoms with van der Waals surface area (Å²) < 4.78 is 39.9. The fourth-order valence-electron chi connectivity index (χ4n) is 4.13. The second kappa shape index (κ2) is 8.69. The number of carbonyl (C=O) groups is 2. The number of aliphatic hydroxyl groups is 1. The van der Waals surface area contributed by atoms with Crippen molar-refractivity contribution >= 4 is 23.1 Å². The largest absolute Gasteiger partial charge is 0.507 e. The molecule has 2 heterocycles. The van der Waals surface area contributed by atoms with E-state index in [0.29, 0.717) is 5.76 Å². The van der Waals surface area contributed by atoms with Gasteiger partial charge in [0.1, 0.15) is 40.7 Å². The summed E-state index contributed by atoms with van der Waals surface area (Å²) in [6, 6.07) is 9.56. The Hall–Kier alpha value is -3.94. The summed E-state index contributed by atoms with van der Waals surface area (Å²) in [5.41, 5.74) is -0.0324. The third-order valence-corrected chi connectivity index (χ3v) is 5.96. The lowest BCUT2D eigenvalue weighted by Crippen LogP contribution is -2.30. The first kappa shape index (κ1) is 24.2. The number of methoxy groups -OCH3 is 1. The Morgan fingerprint density at radius 2 is 1.77 bits per heavy atom. The number of amides is 1. The van der Waals surface area contributed by atoms with Crippen molar-refractivity contribution in [3.8, 4) is 5.75 Å². The summed E-state index contributed by atoms with van der Waals surface area (Å²) in [5.74, 6) is -3.55. The second-order valence-electron chi connectivity index (χ2n) is 9.38. The lowest BCUT2D eigenvalue weighted by Gasteiger charge is -2.24. The zero-order valence-corrected chi connectivity index (χ0v) is 20.0. The van der Waals surface area contributed by atoms with Gasteiger partial charge in [-0.05, 0) is 54.3 Å². The van der Waals surface area contributed by atoms with E-state index in [-0.39, 0.29) is 28.1 Å². The minimum Gasteiger partial charge on any atom is -0.507 e. The van der Waals surface area contributed by atoms with Gasteiger partial charge in [0.25, 0.3) is 11.7 Å². The normalized spacial score (nSPS) is 17.8. The van der Waals surface area contributed by atoms with Gasteiger partial charge in [-0.25, -0.2) is 8.78 Å². The molecule has 35 heavy (non-hydrogen) atoms. The molecule has 0 aliphatic carbocycles. The van der Waals surface area contributed by atoms with Gasteiger partial charge in [-0.1, -0.05) is 26.8 Å². The smallest absolute Gasteiger partial charge is 0.300 e. The van der Waals surface area contributed by atoms with Crippen molar-refractivity contribution in [1.82, 2.24) is 0 Å². The van der Waals surface area contributed by atoms with Crippen molar-refractivity contribution in [2.45, 2.75) is 39.2 Å². The highest BCUT2D eigenvalue weighted by molar-refractivity contribution is 6.51. The first-order valence-electron chi connectivity index (χ1n) is 10.9. The Kier molecular flexibility index (Phi) is 6.00. The molecule has 1 aliphatic rings. The second-order valence-corrected chi connectivity index (χ2v) is 9.38. The van der Waals surface area contributed by atoms with Crippen LogP contribution in [0.4, 0.5) is 14.5 Å². The van der Waals surface area contributed by atoms with E-state index in [1.54, 1.807) is 25.1 Å². The fraction of sp³-hybridized carbons (Fsp3) is 0.259. The molecular weight excluding hydrogens is 456 g/mol. The van der Waals surface area contributed by atoms with E-state index in [0.717, 1.165) is 28.7 Å². The molecule has 4 rings (SSSR count). The zero-order chi connectivity index (χ0) is 25.7. The van der Waals surface area contributed by atoms with Crippen LogP contribution in [0.5, 0.6) is 5.75 Å². The van der Waals surface area contributed by atoms with Crippen LogP contribution in [0.25, 0.3) is 5.76 Å². The molecule has 1 amide bonds. The van der Waals surface area contributed by atoms with Gasteiger partial charge in [0, 0.05) is 6.07 Å². The molecule has 0 radical (unpaired) electrons. The third-order valence-electron chi connectivity index (χ3n) is 5.96. The molecule has 3 aromatic rings. The van der Waals surface area contributed by atoms with Crippen LogP contribution in [0, 0.1) is 18.6 Å². The van der Waals surface area contributed by atoms with Crippen LogP contribution in [0.2, 0.25) is 0 Å². The van der Waals surface area contributed by atoms with Gasteiger partial charge in [0.05, 0.1) is 23.9 Å². The zero-order valence-electron chi connectivity index (χ0n) is 20.0. The summed E-state index contributed by atoms with van der Waals surface area (Å²) >= 11 is 0. The van der Waals surface area contributed by atoms with Crippen molar-refractivity contribution in [2.24, 2.45) is 0 Å². The molecule has 0 spiro atoms. The molecule has 0 bridgehead atoms. The summed E-state index contributed by atoms with van der Waals surface area (Å²) in [6.45, 7) is 7.61. The monoisotopic (exact) mass is 481 g/mol. The van der Waals surface area contributed by atoms with Crippen LogP contribution in [-0.2, 0) is 15.0 Å². The molecule has 1 aromatic heterocycles. The number of aliphatic hydroxyl groups excluding tert-OH is 1.